The molecule has 0 aliphatic rings. The lowest BCUT2D eigenvalue weighted by atomic mass is 9.87. The SMILES string of the molecule is CC(C)(CCC#N)CNC(C)(C)CNC(=O)OC(C)(C)C. The maximum Gasteiger partial charge on any atom is 0.407 e. The van der Waals surface area contributed by atoms with Crippen molar-refractivity contribution in [3.63, 3.8) is 0 Å². The summed E-state index contributed by atoms with van der Waals surface area (Å²) >= 11 is 0. The van der Waals surface area contributed by atoms with Gasteiger partial charge in [0.2, 0.25) is 0 Å². The second-order valence-corrected chi connectivity index (χ2v) is 7.92. The van der Waals surface area contributed by atoms with Gasteiger partial charge in [0.25, 0.3) is 0 Å². The van der Waals surface area contributed by atoms with Crippen LogP contribution in [0.5, 0.6) is 0 Å². The minimum absolute atomic E-state index is 0.0545. The van der Waals surface area contributed by atoms with Crippen molar-refractivity contribution in [1.29, 1.82) is 5.26 Å². The van der Waals surface area contributed by atoms with Crippen molar-refractivity contribution in [2.24, 2.45) is 5.41 Å². The van der Waals surface area contributed by atoms with Crippen LogP contribution in [-0.2, 0) is 4.74 Å². The van der Waals surface area contributed by atoms with Crippen molar-refractivity contribution in [3.05, 3.63) is 0 Å². The summed E-state index contributed by atoms with van der Waals surface area (Å²) in [5, 5.41) is 14.9. The maximum absolute atomic E-state index is 11.7. The molecule has 0 fully saturated rings. The van der Waals surface area contributed by atoms with Gasteiger partial charge in [-0.25, -0.2) is 4.79 Å². The minimum Gasteiger partial charge on any atom is -0.444 e. The van der Waals surface area contributed by atoms with E-state index in [0.717, 1.165) is 13.0 Å². The van der Waals surface area contributed by atoms with Crippen LogP contribution in [-0.4, -0.2) is 30.3 Å². The monoisotopic (exact) mass is 297 g/mol. The Kier molecular flexibility index (Phi) is 7.18. The van der Waals surface area contributed by atoms with Gasteiger partial charge in [0.05, 0.1) is 6.07 Å². The van der Waals surface area contributed by atoms with Gasteiger partial charge in [0, 0.05) is 25.0 Å². The summed E-state index contributed by atoms with van der Waals surface area (Å²) in [7, 11) is 0. The number of ether oxygens (including phenoxy) is 1. The zero-order valence-corrected chi connectivity index (χ0v) is 14.6. The molecule has 21 heavy (non-hydrogen) atoms. The Labute approximate surface area is 129 Å². The van der Waals surface area contributed by atoms with Crippen molar-refractivity contribution >= 4 is 6.09 Å². The van der Waals surface area contributed by atoms with Crippen molar-refractivity contribution in [2.45, 2.75) is 72.4 Å². The number of amides is 1. The van der Waals surface area contributed by atoms with E-state index in [-0.39, 0.29) is 11.0 Å². The Morgan fingerprint density at radius 1 is 1.10 bits per heavy atom. The third-order valence-electron chi connectivity index (χ3n) is 3.03. The summed E-state index contributed by atoms with van der Waals surface area (Å²) in [6.45, 7) is 15.1. The number of hydrogen-bond donors (Lipinski definition) is 2. The number of carbonyl (C=O) groups excluding carboxylic acids is 1. The Morgan fingerprint density at radius 2 is 1.67 bits per heavy atom. The van der Waals surface area contributed by atoms with Crippen molar-refractivity contribution in [2.75, 3.05) is 13.1 Å². The predicted octanol–water partition coefficient (Wildman–Crippen LogP) is 3.21. The first-order valence-electron chi connectivity index (χ1n) is 7.46. The molecule has 0 bridgehead atoms. The molecule has 0 radical (unpaired) electrons. The molecule has 0 atom stereocenters. The average Bonchev–Trinajstić information content (AvgIpc) is 2.30. The molecule has 1 amide bonds. The summed E-state index contributed by atoms with van der Waals surface area (Å²) < 4.78 is 5.22. The quantitative estimate of drug-likeness (QED) is 0.756. The first-order chi connectivity index (χ1) is 9.37. The predicted molar refractivity (Wildman–Crippen MR) is 84.9 cm³/mol. The zero-order valence-electron chi connectivity index (χ0n) is 14.6. The van der Waals surface area contributed by atoms with Gasteiger partial charge in [0.1, 0.15) is 5.60 Å². The van der Waals surface area contributed by atoms with Crippen LogP contribution in [0, 0.1) is 16.7 Å². The van der Waals surface area contributed by atoms with Gasteiger partial charge in [-0.15, -0.1) is 0 Å². The first kappa shape index (κ1) is 19.7. The van der Waals surface area contributed by atoms with Gasteiger partial charge in [-0.05, 0) is 46.5 Å². The molecule has 122 valence electrons. The van der Waals surface area contributed by atoms with Crippen LogP contribution >= 0.6 is 0 Å². The van der Waals surface area contributed by atoms with E-state index in [9.17, 15) is 4.79 Å². The molecule has 0 aromatic carbocycles. The average molecular weight is 297 g/mol. The smallest absolute Gasteiger partial charge is 0.407 e. The Bertz CT molecular complexity index is 376. The summed E-state index contributed by atoms with van der Waals surface area (Å²) in [6.07, 6.45) is 1.01. The molecule has 0 aromatic rings. The fourth-order valence-corrected chi connectivity index (χ4v) is 1.63. The maximum atomic E-state index is 11.7. The number of nitrogens with one attached hydrogen (secondary N) is 2. The van der Waals surface area contributed by atoms with E-state index in [1.807, 2.05) is 34.6 Å². The molecule has 0 heterocycles. The number of nitriles is 1. The summed E-state index contributed by atoms with van der Waals surface area (Å²) in [5.41, 5.74) is -0.666. The highest BCUT2D eigenvalue weighted by Gasteiger charge is 2.25. The van der Waals surface area contributed by atoms with Gasteiger partial charge < -0.3 is 15.4 Å². The van der Waals surface area contributed by atoms with Gasteiger partial charge in [-0.2, -0.15) is 5.26 Å². The van der Waals surface area contributed by atoms with Crippen molar-refractivity contribution in [1.82, 2.24) is 10.6 Å². The molecule has 2 N–H and O–H groups in total. The molecule has 0 saturated carbocycles. The van der Waals surface area contributed by atoms with Gasteiger partial charge in [-0.1, -0.05) is 13.8 Å². The van der Waals surface area contributed by atoms with Gasteiger partial charge in [-0.3, -0.25) is 0 Å². The molecular weight excluding hydrogens is 266 g/mol. The Balaban J connectivity index is 4.20. The van der Waals surface area contributed by atoms with E-state index in [2.05, 4.69) is 30.6 Å². The number of nitrogens with zero attached hydrogens (tertiary/aromatic N) is 1. The molecule has 0 rings (SSSR count). The van der Waals surface area contributed by atoms with Crippen molar-refractivity contribution in [3.8, 4) is 6.07 Å². The van der Waals surface area contributed by atoms with E-state index in [1.54, 1.807) is 0 Å². The lowest BCUT2D eigenvalue weighted by Crippen LogP contribution is -2.52. The van der Waals surface area contributed by atoms with Gasteiger partial charge >= 0.3 is 6.09 Å². The van der Waals surface area contributed by atoms with E-state index in [4.69, 9.17) is 10.00 Å². The number of rotatable bonds is 7. The largest absolute Gasteiger partial charge is 0.444 e. The Hall–Kier alpha value is -1.28. The number of hydrogen-bond acceptors (Lipinski definition) is 4. The molecule has 0 aliphatic heterocycles. The topological polar surface area (TPSA) is 74.2 Å². The van der Waals surface area contributed by atoms with E-state index in [0.29, 0.717) is 13.0 Å². The van der Waals surface area contributed by atoms with E-state index >= 15 is 0 Å². The molecule has 0 aromatic heterocycles. The third-order valence-corrected chi connectivity index (χ3v) is 3.03. The molecule has 0 saturated heterocycles. The molecule has 5 nitrogen and oxygen atoms in total. The fourth-order valence-electron chi connectivity index (χ4n) is 1.63. The van der Waals surface area contributed by atoms with Crippen LogP contribution in [0.2, 0.25) is 0 Å². The summed E-state index contributed by atoms with van der Waals surface area (Å²) in [6, 6.07) is 2.18. The normalized spacial score (nSPS) is 12.7. The molecule has 5 heteroatoms. The highest BCUT2D eigenvalue weighted by Crippen LogP contribution is 2.21. The first-order valence-corrected chi connectivity index (χ1v) is 7.46. The van der Waals surface area contributed by atoms with Crippen LogP contribution in [0.3, 0.4) is 0 Å². The van der Waals surface area contributed by atoms with E-state index in [1.165, 1.54) is 0 Å². The lowest BCUT2D eigenvalue weighted by Gasteiger charge is -2.33. The third kappa shape index (κ3) is 11.1. The standard InChI is InChI=1S/C16H31N3O2/c1-14(2,3)21-13(20)18-12-16(6,7)19-11-15(4,5)9-8-10-17/h19H,8-9,11-12H2,1-7H3,(H,18,20). The zero-order chi connectivity index (χ0) is 16.7. The summed E-state index contributed by atoms with van der Waals surface area (Å²) in [5.74, 6) is 0. The second-order valence-electron chi connectivity index (χ2n) is 7.92. The fraction of sp³-hybridized carbons (Fsp3) is 0.875. The number of carbonyl (C=O) groups is 1. The molecular formula is C16H31N3O2. The van der Waals surface area contributed by atoms with Crippen LogP contribution in [0.15, 0.2) is 0 Å². The highest BCUT2D eigenvalue weighted by atomic mass is 16.6. The van der Waals surface area contributed by atoms with Crippen LogP contribution < -0.4 is 10.6 Å². The van der Waals surface area contributed by atoms with Crippen LogP contribution in [0.4, 0.5) is 4.79 Å². The van der Waals surface area contributed by atoms with E-state index < -0.39 is 11.7 Å². The van der Waals surface area contributed by atoms with Crippen LogP contribution in [0.1, 0.15) is 61.3 Å². The molecule has 0 aliphatic carbocycles. The molecule has 0 unspecified atom stereocenters. The second kappa shape index (κ2) is 7.65. The highest BCUT2D eigenvalue weighted by molar-refractivity contribution is 5.67. The molecule has 0 spiro atoms. The minimum atomic E-state index is -0.485. The van der Waals surface area contributed by atoms with Crippen LogP contribution in [0.25, 0.3) is 0 Å². The van der Waals surface area contributed by atoms with Gasteiger partial charge in [0.15, 0.2) is 0 Å². The lowest BCUT2D eigenvalue weighted by molar-refractivity contribution is 0.0512. The summed E-state index contributed by atoms with van der Waals surface area (Å²) in [4.78, 5) is 11.7. The Morgan fingerprint density at radius 3 is 2.14 bits per heavy atom. The van der Waals surface area contributed by atoms with Crippen molar-refractivity contribution < 1.29 is 9.53 Å². The number of alkyl carbamates (subject to hydrolysis) is 1.